The van der Waals surface area contributed by atoms with E-state index in [1.54, 1.807) is 0 Å². The Kier molecular flexibility index (Phi) is 3.34. The van der Waals surface area contributed by atoms with Crippen LogP contribution in [0.4, 0.5) is 4.79 Å². The van der Waals surface area contributed by atoms with E-state index in [2.05, 4.69) is 37.9 Å². The molecule has 2 aliphatic carbocycles. The number of ether oxygens (including phenoxy) is 2. The highest BCUT2D eigenvalue weighted by atomic mass is 16.5. The zero-order valence-electron chi connectivity index (χ0n) is 15.5. The molecule has 1 aromatic carbocycles. The Labute approximate surface area is 154 Å². The lowest BCUT2D eigenvalue weighted by Crippen LogP contribution is -2.49. The fourth-order valence-corrected chi connectivity index (χ4v) is 4.65. The van der Waals surface area contributed by atoms with Crippen molar-refractivity contribution >= 4 is 6.03 Å². The summed E-state index contributed by atoms with van der Waals surface area (Å²) in [4.78, 5) is 14.1. The van der Waals surface area contributed by atoms with Gasteiger partial charge in [-0.05, 0) is 37.8 Å². The van der Waals surface area contributed by atoms with Crippen molar-refractivity contribution in [3.05, 3.63) is 35.5 Å². The number of nitrogens with one attached hydrogen (secondary N) is 1. The van der Waals surface area contributed by atoms with Crippen LogP contribution in [0.25, 0.3) is 0 Å². The number of aryl methyl sites for hydroxylation is 1. The first-order valence-corrected chi connectivity index (χ1v) is 9.74. The van der Waals surface area contributed by atoms with Gasteiger partial charge in [0.05, 0.1) is 12.6 Å². The van der Waals surface area contributed by atoms with Crippen molar-refractivity contribution in [2.75, 3.05) is 6.61 Å². The van der Waals surface area contributed by atoms with Crippen LogP contribution in [0.15, 0.2) is 24.4 Å². The van der Waals surface area contributed by atoms with E-state index in [1.165, 1.54) is 24.0 Å². The monoisotopic (exact) mass is 354 g/mol. The fourth-order valence-electron chi connectivity index (χ4n) is 4.65. The lowest BCUT2D eigenvalue weighted by molar-refractivity contribution is 0.0499. The SMILES string of the molecule is C=C1C(CC)NC(=O)N1[C@H]1C[C@@H](Oc2ccc(C)c3c2C2(CC2)CO3)C1. The molecule has 1 saturated heterocycles. The Morgan fingerprint density at radius 3 is 2.81 bits per heavy atom. The van der Waals surface area contributed by atoms with Gasteiger partial charge in [0, 0.05) is 35.6 Å². The molecule has 1 N–H and O–H groups in total. The molecule has 2 heterocycles. The molecule has 26 heavy (non-hydrogen) atoms. The van der Waals surface area contributed by atoms with Crippen LogP contribution in [0.3, 0.4) is 0 Å². The van der Waals surface area contributed by atoms with Crippen molar-refractivity contribution in [3.8, 4) is 11.5 Å². The van der Waals surface area contributed by atoms with Gasteiger partial charge < -0.3 is 14.8 Å². The Morgan fingerprint density at radius 2 is 2.15 bits per heavy atom. The van der Waals surface area contributed by atoms with Gasteiger partial charge in [-0.1, -0.05) is 19.6 Å². The second-order valence-electron chi connectivity index (χ2n) is 8.29. The van der Waals surface area contributed by atoms with Crippen molar-refractivity contribution in [2.24, 2.45) is 0 Å². The van der Waals surface area contributed by atoms with Gasteiger partial charge in [0.1, 0.15) is 17.6 Å². The van der Waals surface area contributed by atoms with E-state index in [0.717, 1.165) is 43.1 Å². The summed E-state index contributed by atoms with van der Waals surface area (Å²) >= 11 is 0. The largest absolute Gasteiger partial charge is 0.492 e. The average molecular weight is 354 g/mol. The van der Waals surface area contributed by atoms with Crippen LogP contribution >= 0.6 is 0 Å². The third-order valence-corrected chi connectivity index (χ3v) is 6.56. The van der Waals surface area contributed by atoms with Crippen LogP contribution in [-0.2, 0) is 5.41 Å². The lowest BCUT2D eigenvalue weighted by Gasteiger charge is -2.41. The molecule has 0 aromatic heterocycles. The number of benzene rings is 1. The number of hydrogen-bond donors (Lipinski definition) is 1. The van der Waals surface area contributed by atoms with Crippen molar-refractivity contribution in [1.82, 2.24) is 10.2 Å². The van der Waals surface area contributed by atoms with Crippen molar-refractivity contribution in [3.63, 3.8) is 0 Å². The third kappa shape index (κ3) is 2.19. The maximum Gasteiger partial charge on any atom is 0.322 e. The molecule has 0 radical (unpaired) electrons. The molecule has 2 aliphatic heterocycles. The average Bonchev–Trinajstić information content (AvgIpc) is 3.18. The smallest absolute Gasteiger partial charge is 0.322 e. The van der Waals surface area contributed by atoms with Crippen molar-refractivity contribution in [1.29, 1.82) is 0 Å². The minimum Gasteiger partial charge on any atom is -0.492 e. The van der Waals surface area contributed by atoms with E-state index in [1.807, 2.05) is 4.90 Å². The van der Waals surface area contributed by atoms with E-state index in [-0.39, 0.29) is 29.6 Å². The maximum atomic E-state index is 12.2. The topological polar surface area (TPSA) is 50.8 Å². The molecule has 0 bridgehead atoms. The molecule has 5 heteroatoms. The van der Waals surface area contributed by atoms with E-state index in [4.69, 9.17) is 9.47 Å². The van der Waals surface area contributed by atoms with Gasteiger partial charge >= 0.3 is 6.03 Å². The Hall–Kier alpha value is -2.17. The Bertz CT molecular complexity index is 793. The molecule has 1 spiro atoms. The normalized spacial score (nSPS) is 30.7. The van der Waals surface area contributed by atoms with Crippen molar-refractivity contribution < 1.29 is 14.3 Å². The van der Waals surface area contributed by atoms with Gasteiger partial charge in [-0.2, -0.15) is 0 Å². The Morgan fingerprint density at radius 1 is 1.38 bits per heavy atom. The molecule has 4 aliphatic rings. The molecule has 5 rings (SSSR count). The zero-order chi connectivity index (χ0) is 18.1. The number of carbonyl (C=O) groups excluding carboxylic acids is 1. The first-order valence-electron chi connectivity index (χ1n) is 9.74. The minimum absolute atomic E-state index is 0.00754. The summed E-state index contributed by atoms with van der Waals surface area (Å²) in [5.41, 5.74) is 3.59. The zero-order valence-corrected chi connectivity index (χ0v) is 15.5. The molecule has 138 valence electrons. The number of amides is 2. The maximum absolute atomic E-state index is 12.2. The summed E-state index contributed by atoms with van der Waals surface area (Å²) in [6, 6.07) is 4.47. The molecular weight excluding hydrogens is 328 g/mol. The highest BCUT2D eigenvalue weighted by molar-refractivity contribution is 5.81. The number of nitrogens with zero attached hydrogens (tertiary/aromatic N) is 1. The van der Waals surface area contributed by atoms with E-state index in [0.29, 0.717) is 0 Å². The van der Waals surface area contributed by atoms with Crippen LogP contribution in [0.5, 0.6) is 11.5 Å². The number of fused-ring (bicyclic) bond motifs is 2. The number of hydrogen-bond acceptors (Lipinski definition) is 3. The molecule has 1 aromatic rings. The second kappa shape index (κ2) is 5.41. The van der Waals surface area contributed by atoms with Crippen LogP contribution in [0, 0.1) is 6.92 Å². The highest BCUT2D eigenvalue weighted by Crippen LogP contribution is 2.59. The van der Waals surface area contributed by atoms with Gasteiger partial charge in [0.15, 0.2) is 0 Å². The number of carbonyl (C=O) groups is 1. The molecular formula is C21H26N2O3. The fraction of sp³-hybridized carbons (Fsp3) is 0.571. The molecule has 5 nitrogen and oxygen atoms in total. The van der Waals surface area contributed by atoms with Gasteiger partial charge in [0.2, 0.25) is 0 Å². The lowest BCUT2D eigenvalue weighted by atomic mass is 9.87. The molecule has 2 saturated carbocycles. The van der Waals surface area contributed by atoms with Crippen LogP contribution in [0.2, 0.25) is 0 Å². The molecule has 1 unspecified atom stereocenters. The first-order chi connectivity index (χ1) is 12.5. The summed E-state index contributed by atoms with van der Waals surface area (Å²) < 4.78 is 12.4. The standard InChI is InChI=1S/C21H26N2O3/c1-4-16-13(3)23(20(24)22-16)14-9-15(10-14)26-17-6-5-12(2)19-18(17)21(7-8-21)11-25-19/h5-6,14-16H,3-4,7-11H2,1-2H3,(H,22,24)/t14-,15+,16?. The Balaban J connectivity index is 1.29. The first kappa shape index (κ1) is 16.0. The molecule has 3 fully saturated rings. The molecule has 1 atom stereocenters. The summed E-state index contributed by atoms with van der Waals surface area (Å²) in [7, 11) is 0. The van der Waals surface area contributed by atoms with E-state index in [9.17, 15) is 4.79 Å². The van der Waals surface area contributed by atoms with Gasteiger partial charge in [0.25, 0.3) is 0 Å². The second-order valence-corrected chi connectivity index (χ2v) is 8.29. The highest BCUT2D eigenvalue weighted by Gasteiger charge is 2.53. The van der Waals surface area contributed by atoms with Crippen LogP contribution < -0.4 is 14.8 Å². The minimum atomic E-state index is -0.00754. The van der Waals surface area contributed by atoms with Gasteiger partial charge in [-0.25, -0.2) is 4.79 Å². The predicted molar refractivity (Wildman–Crippen MR) is 98.6 cm³/mol. The van der Waals surface area contributed by atoms with E-state index >= 15 is 0 Å². The number of rotatable bonds is 4. The summed E-state index contributed by atoms with van der Waals surface area (Å²) in [5.74, 6) is 2.02. The molecule has 2 amide bonds. The third-order valence-electron chi connectivity index (χ3n) is 6.56. The predicted octanol–water partition coefficient (Wildman–Crippen LogP) is 3.65. The number of urea groups is 1. The van der Waals surface area contributed by atoms with Crippen molar-refractivity contribution in [2.45, 2.75) is 69.6 Å². The summed E-state index contributed by atoms with van der Waals surface area (Å²) in [6.45, 7) is 9.09. The summed E-state index contributed by atoms with van der Waals surface area (Å²) in [5, 5.41) is 3.01. The van der Waals surface area contributed by atoms with Crippen LogP contribution in [-0.4, -0.2) is 35.7 Å². The van der Waals surface area contributed by atoms with Gasteiger partial charge in [-0.3, -0.25) is 4.90 Å². The van der Waals surface area contributed by atoms with Crippen LogP contribution in [0.1, 0.15) is 50.2 Å². The summed E-state index contributed by atoms with van der Waals surface area (Å²) in [6.07, 6.45) is 5.15. The quantitative estimate of drug-likeness (QED) is 0.898. The van der Waals surface area contributed by atoms with Gasteiger partial charge in [-0.15, -0.1) is 0 Å². The van der Waals surface area contributed by atoms with E-state index < -0.39 is 0 Å².